The third-order valence-electron chi connectivity index (χ3n) is 4.74. The topological polar surface area (TPSA) is 46.3 Å². The third-order valence-corrected chi connectivity index (χ3v) is 4.74. The molecule has 1 unspecified atom stereocenters. The Morgan fingerprint density at radius 3 is 2.60 bits per heavy atom. The molecule has 1 heterocycles. The van der Waals surface area contributed by atoms with Gasteiger partial charge in [-0.15, -0.1) is 0 Å². The van der Waals surface area contributed by atoms with Gasteiger partial charge in [0.15, 0.2) is 0 Å². The molecule has 2 aliphatic rings. The second-order valence-corrected chi connectivity index (χ2v) is 6.13. The van der Waals surface area contributed by atoms with Gasteiger partial charge in [-0.05, 0) is 37.3 Å². The maximum absolute atomic E-state index is 12.9. The van der Waals surface area contributed by atoms with Crippen LogP contribution in [-0.4, -0.2) is 12.5 Å². The van der Waals surface area contributed by atoms with Gasteiger partial charge in [-0.1, -0.05) is 37.5 Å². The molecule has 0 saturated heterocycles. The van der Waals surface area contributed by atoms with E-state index in [1.165, 1.54) is 19.3 Å². The summed E-state index contributed by atoms with van der Waals surface area (Å²) in [5.41, 5.74) is 8.43. The highest BCUT2D eigenvalue weighted by Gasteiger charge is 2.30. The highest BCUT2D eigenvalue weighted by Crippen LogP contribution is 2.34. The number of hydrogen-bond donors (Lipinski definition) is 1. The lowest BCUT2D eigenvalue weighted by Crippen LogP contribution is -2.37. The Morgan fingerprint density at radius 1 is 1.05 bits per heavy atom. The maximum Gasteiger partial charge on any atom is 0.230 e. The maximum atomic E-state index is 12.9. The summed E-state index contributed by atoms with van der Waals surface area (Å²) in [6, 6.07) is 8.23. The van der Waals surface area contributed by atoms with Gasteiger partial charge in [0.2, 0.25) is 5.91 Å². The lowest BCUT2D eigenvalue weighted by molar-refractivity contribution is -0.123. The van der Waals surface area contributed by atoms with Crippen LogP contribution in [-0.2, 0) is 4.79 Å². The van der Waals surface area contributed by atoms with E-state index in [1.54, 1.807) is 0 Å². The predicted octanol–water partition coefficient (Wildman–Crippen LogP) is 3.39. The zero-order chi connectivity index (χ0) is 13.9. The smallest absolute Gasteiger partial charge is 0.230 e. The lowest BCUT2D eigenvalue weighted by atomic mass is 9.88. The molecule has 0 spiro atoms. The summed E-state index contributed by atoms with van der Waals surface area (Å²) < 4.78 is 0. The number of carbonyl (C=O) groups excluding carboxylic acids is 1. The van der Waals surface area contributed by atoms with E-state index in [-0.39, 0.29) is 12.0 Å². The Balaban J connectivity index is 1.88. The minimum Gasteiger partial charge on any atom is -0.324 e. The summed E-state index contributed by atoms with van der Waals surface area (Å²) in [4.78, 5) is 14.9. The number of fused-ring (bicyclic) bond motifs is 1. The van der Waals surface area contributed by atoms with Gasteiger partial charge in [0.05, 0.1) is 0 Å². The van der Waals surface area contributed by atoms with E-state index < -0.39 is 0 Å². The van der Waals surface area contributed by atoms with Gasteiger partial charge in [-0.25, -0.2) is 0 Å². The van der Waals surface area contributed by atoms with E-state index in [0.29, 0.717) is 5.91 Å². The first-order valence-electron chi connectivity index (χ1n) is 7.93. The Morgan fingerprint density at radius 2 is 1.80 bits per heavy atom. The molecule has 1 amide bonds. The van der Waals surface area contributed by atoms with Crippen LogP contribution in [0.25, 0.3) is 0 Å². The number of rotatable bonds is 1. The molecule has 0 bridgehead atoms. The van der Waals surface area contributed by atoms with Gasteiger partial charge in [-0.2, -0.15) is 0 Å². The van der Waals surface area contributed by atoms with Crippen LogP contribution in [0.2, 0.25) is 0 Å². The number of para-hydroxylation sites is 1. The molecule has 3 rings (SSSR count). The molecule has 1 fully saturated rings. The Labute approximate surface area is 121 Å². The van der Waals surface area contributed by atoms with Gasteiger partial charge < -0.3 is 10.6 Å². The minimum absolute atomic E-state index is 0.0651. The van der Waals surface area contributed by atoms with Crippen molar-refractivity contribution in [3.63, 3.8) is 0 Å². The van der Waals surface area contributed by atoms with E-state index in [9.17, 15) is 4.79 Å². The van der Waals surface area contributed by atoms with Crippen LogP contribution in [0, 0.1) is 5.92 Å². The highest BCUT2D eigenvalue weighted by molar-refractivity contribution is 5.96. The van der Waals surface area contributed by atoms with Crippen molar-refractivity contribution in [2.24, 2.45) is 11.7 Å². The zero-order valence-electron chi connectivity index (χ0n) is 12.1. The summed E-state index contributed by atoms with van der Waals surface area (Å²) in [6.07, 6.45) is 7.76. The molecule has 3 nitrogen and oxygen atoms in total. The molecule has 2 N–H and O–H groups in total. The molecule has 1 aliphatic carbocycles. The first-order chi connectivity index (χ1) is 9.77. The molecule has 0 radical (unpaired) electrons. The van der Waals surface area contributed by atoms with E-state index in [4.69, 9.17) is 5.73 Å². The summed E-state index contributed by atoms with van der Waals surface area (Å²) in [7, 11) is 0. The molecular formula is C17H24N2O. The molecule has 1 saturated carbocycles. The first kappa shape index (κ1) is 13.6. The molecule has 3 heteroatoms. The monoisotopic (exact) mass is 272 g/mol. The summed E-state index contributed by atoms with van der Waals surface area (Å²) in [6.45, 7) is 0.819. The zero-order valence-corrected chi connectivity index (χ0v) is 12.1. The summed E-state index contributed by atoms with van der Waals surface area (Å²) >= 11 is 0. The minimum atomic E-state index is 0.0651. The standard InChI is InChI=1S/C17H24N2O/c18-15-10-6-12-19(16-11-5-4-9-14(15)16)17(20)13-7-2-1-3-8-13/h4-5,9,11,13,15H,1-3,6-8,10,12,18H2. The number of amides is 1. The van der Waals surface area contributed by atoms with Crippen molar-refractivity contribution in [1.29, 1.82) is 0 Å². The van der Waals surface area contributed by atoms with Gasteiger partial charge >= 0.3 is 0 Å². The van der Waals surface area contributed by atoms with Crippen molar-refractivity contribution >= 4 is 11.6 Å². The number of nitrogens with two attached hydrogens (primary N) is 1. The fourth-order valence-electron chi connectivity index (χ4n) is 3.59. The summed E-state index contributed by atoms with van der Waals surface area (Å²) in [5.74, 6) is 0.553. The van der Waals surface area contributed by atoms with Crippen molar-refractivity contribution in [1.82, 2.24) is 0 Å². The molecule has 1 aromatic rings. The predicted molar refractivity (Wildman–Crippen MR) is 81.5 cm³/mol. The third kappa shape index (κ3) is 2.59. The Hall–Kier alpha value is -1.35. The molecule has 1 atom stereocenters. The second kappa shape index (κ2) is 5.96. The average molecular weight is 272 g/mol. The molecule has 108 valence electrons. The van der Waals surface area contributed by atoms with Crippen LogP contribution in [0.1, 0.15) is 56.6 Å². The Bertz CT molecular complexity index is 480. The number of benzene rings is 1. The van der Waals surface area contributed by atoms with Crippen molar-refractivity contribution in [2.45, 2.75) is 51.0 Å². The molecule has 20 heavy (non-hydrogen) atoms. The van der Waals surface area contributed by atoms with Gasteiger partial charge in [-0.3, -0.25) is 4.79 Å². The van der Waals surface area contributed by atoms with Crippen LogP contribution in [0.5, 0.6) is 0 Å². The van der Waals surface area contributed by atoms with Crippen LogP contribution in [0.15, 0.2) is 24.3 Å². The Kier molecular flexibility index (Phi) is 4.06. The van der Waals surface area contributed by atoms with Crippen LogP contribution in [0.4, 0.5) is 5.69 Å². The summed E-state index contributed by atoms with van der Waals surface area (Å²) in [5, 5.41) is 0. The fourth-order valence-corrected chi connectivity index (χ4v) is 3.59. The molecule has 1 aromatic carbocycles. The van der Waals surface area contributed by atoms with Gasteiger partial charge in [0, 0.05) is 24.2 Å². The molecular weight excluding hydrogens is 248 g/mol. The van der Waals surface area contributed by atoms with Crippen molar-refractivity contribution in [3.8, 4) is 0 Å². The van der Waals surface area contributed by atoms with Crippen molar-refractivity contribution in [2.75, 3.05) is 11.4 Å². The number of carbonyl (C=O) groups is 1. The largest absolute Gasteiger partial charge is 0.324 e. The highest BCUT2D eigenvalue weighted by atomic mass is 16.2. The quantitative estimate of drug-likeness (QED) is 0.851. The van der Waals surface area contributed by atoms with Crippen LogP contribution < -0.4 is 10.6 Å². The number of hydrogen-bond acceptors (Lipinski definition) is 2. The average Bonchev–Trinajstić information content (AvgIpc) is 2.67. The van der Waals surface area contributed by atoms with E-state index in [0.717, 1.165) is 43.5 Å². The molecule has 0 aromatic heterocycles. The number of nitrogens with zero attached hydrogens (tertiary/aromatic N) is 1. The van der Waals surface area contributed by atoms with Crippen LogP contribution >= 0.6 is 0 Å². The SMILES string of the molecule is NC1CCCN(C(=O)C2CCCCC2)c2ccccc21. The van der Waals surface area contributed by atoms with Crippen molar-refractivity contribution < 1.29 is 4.79 Å². The second-order valence-electron chi connectivity index (χ2n) is 6.13. The van der Waals surface area contributed by atoms with E-state index >= 15 is 0 Å². The molecule has 1 aliphatic heterocycles. The number of anilines is 1. The van der Waals surface area contributed by atoms with Crippen LogP contribution in [0.3, 0.4) is 0 Å². The normalized spacial score (nSPS) is 24.1. The van der Waals surface area contributed by atoms with E-state index in [2.05, 4.69) is 12.1 Å². The van der Waals surface area contributed by atoms with Crippen molar-refractivity contribution in [3.05, 3.63) is 29.8 Å². The van der Waals surface area contributed by atoms with E-state index in [1.807, 2.05) is 17.0 Å². The first-order valence-corrected chi connectivity index (χ1v) is 7.93. The van der Waals surface area contributed by atoms with Gasteiger partial charge in [0.1, 0.15) is 0 Å². The fraction of sp³-hybridized carbons (Fsp3) is 0.588. The lowest BCUT2D eigenvalue weighted by Gasteiger charge is -2.29. The van der Waals surface area contributed by atoms with Gasteiger partial charge in [0.25, 0.3) is 0 Å².